The van der Waals surface area contributed by atoms with Gasteiger partial charge in [0.1, 0.15) is 23.5 Å². The summed E-state index contributed by atoms with van der Waals surface area (Å²) in [6, 6.07) is 10.1. The molecule has 0 aliphatic carbocycles. The molecule has 0 radical (unpaired) electrons. The molecule has 9 heteroatoms. The first-order valence-corrected chi connectivity index (χ1v) is 11.8. The Kier molecular flexibility index (Phi) is 6.53. The number of hydrogen-bond acceptors (Lipinski definition) is 7. The molecule has 1 amide bonds. The molecule has 4 rings (SSSR count). The van der Waals surface area contributed by atoms with E-state index in [1.54, 1.807) is 11.3 Å². The van der Waals surface area contributed by atoms with E-state index in [2.05, 4.69) is 27.0 Å². The van der Waals surface area contributed by atoms with Crippen LogP contribution in [0.2, 0.25) is 0 Å². The molecule has 0 aliphatic heterocycles. The zero-order chi connectivity index (χ0) is 23.6. The van der Waals surface area contributed by atoms with Gasteiger partial charge in [-0.05, 0) is 50.3 Å². The van der Waals surface area contributed by atoms with E-state index in [1.165, 1.54) is 0 Å². The van der Waals surface area contributed by atoms with Gasteiger partial charge < -0.3 is 25.1 Å². The number of pyridine rings is 1. The number of fused-ring (bicyclic) bond motifs is 3. The second-order valence-electron chi connectivity index (χ2n) is 8.75. The van der Waals surface area contributed by atoms with Crippen LogP contribution in [-0.4, -0.2) is 32.8 Å². The molecule has 0 fully saturated rings. The molecule has 0 aliphatic rings. The molecule has 3 N–H and O–H groups in total. The van der Waals surface area contributed by atoms with Crippen LogP contribution in [0.4, 0.5) is 10.6 Å². The molecule has 0 spiro atoms. The van der Waals surface area contributed by atoms with Crippen molar-refractivity contribution in [3.05, 3.63) is 52.7 Å². The number of thiophene rings is 1. The largest absolute Gasteiger partial charge is 0.444 e. The summed E-state index contributed by atoms with van der Waals surface area (Å²) in [5, 5.41) is 4.80. The Hall–Kier alpha value is -3.17. The highest BCUT2D eigenvalue weighted by Crippen LogP contribution is 2.33. The van der Waals surface area contributed by atoms with Gasteiger partial charge >= 0.3 is 6.09 Å². The van der Waals surface area contributed by atoms with Crippen LogP contribution in [0.15, 0.2) is 35.7 Å². The average molecular weight is 468 g/mol. The smallest absolute Gasteiger partial charge is 0.407 e. The van der Waals surface area contributed by atoms with Gasteiger partial charge in [-0.25, -0.2) is 14.8 Å². The lowest BCUT2D eigenvalue weighted by molar-refractivity contribution is 0.0523. The second-order valence-corrected chi connectivity index (χ2v) is 9.67. The Morgan fingerprint density at radius 3 is 2.58 bits per heavy atom. The number of nitrogens with zero attached hydrogens (tertiary/aromatic N) is 3. The zero-order valence-corrected chi connectivity index (χ0v) is 20.2. The lowest BCUT2D eigenvalue weighted by Gasteiger charge is -2.19. The van der Waals surface area contributed by atoms with E-state index in [-0.39, 0.29) is 0 Å². The van der Waals surface area contributed by atoms with Crippen LogP contribution in [0.1, 0.15) is 44.6 Å². The molecule has 4 aromatic rings. The van der Waals surface area contributed by atoms with Crippen LogP contribution in [0.3, 0.4) is 0 Å². The van der Waals surface area contributed by atoms with Gasteiger partial charge in [-0.3, -0.25) is 0 Å². The van der Waals surface area contributed by atoms with Crippen molar-refractivity contribution < 1.29 is 14.3 Å². The third-order valence-electron chi connectivity index (χ3n) is 5.02. The van der Waals surface area contributed by atoms with Crippen molar-refractivity contribution in [2.75, 3.05) is 12.3 Å². The van der Waals surface area contributed by atoms with Crippen LogP contribution in [0.25, 0.3) is 21.3 Å². The number of anilines is 1. The van der Waals surface area contributed by atoms with Crippen molar-refractivity contribution in [2.24, 2.45) is 0 Å². The first-order valence-electron chi connectivity index (χ1n) is 10.9. The number of nitrogens with two attached hydrogens (primary N) is 1. The molecule has 8 nitrogen and oxygen atoms in total. The van der Waals surface area contributed by atoms with E-state index in [0.29, 0.717) is 37.6 Å². The molecule has 33 heavy (non-hydrogen) atoms. The third-order valence-corrected chi connectivity index (χ3v) is 5.93. The van der Waals surface area contributed by atoms with Crippen LogP contribution in [0.5, 0.6) is 0 Å². The van der Waals surface area contributed by atoms with E-state index in [0.717, 1.165) is 32.7 Å². The lowest BCUT2D eigenvalue weighted by atomic mass is 10.1. The molecule has 3 aromatic heterocycles. The number of alkyl carbamates (subject to hydrolysis) is 1. The fourth-order valence-electron chi connectivity index (χ4n) is 3.57. The Labute approximate surface area is 196 Å². The summed E-state index contributed by atoms with van der Waals surface area (Å²) in [5.41, 5.74) is 10.4. The highest BCUT2D eigenvalue weighted by Gasteiger charge is 2.19. The van der Waals surface area contributed by atoms with Gasteiger partial charge in [-0.15, -0.1) is 11.3 Å². The molecule has 1 aromatic carbocycles. The first-order chi connectivity index (χ1) is 15.7. The Bertz CT molecular complexity index is 1270. The number of hydrogen-bond donors (Lipinski definition) is 2. The minimum Gasteiger partial charge on any atom is -0.444 e. The standard InChI is InChI=1S/C24H29N5O3S/c1-5-31-14-18-28-19-20(21-17(10-11-33-21)27-22(19)25)29(18)13-16-8-6-15(7-9-16)12-26-23(30)32-24(2,3)4/h6-11H,5,12-14H2,1-4H3,(H2,25,27)(H,26,30). The summed E-state index contributed by atoms with van der Waals surface area (Å²) in [5.74, 6) is 1.24. The Balaban J connectivity index is 1.58. The Morgan fingerprint density at radius 1 is 1.15 bits per heavy atom. The van der Waals surface area contributed by atoms with Crippen molar-refractivity contribution in [3.8, 4) is 0 Å². The summed E-state index contributed by atoms with van der Waals surface area (Å²) in [6.07, 6.45) is -0.428. The maximum Gasteiger partial charge on any atom is 0.407 e. The first kappa shape index (κ1) is 23.0. The molecule has 0 unspecified atom stereocenters. The van der Waals surface area contributed by atoms with Gasteiger partial charge in [-0.1, -0.05) is 24.3 Å². The number of ether oxygens (including phenoxy) is 2. The zero-order valence-electron chi connectivity index (χ0n) is 19.3. The number of carbonyl (C=O) groups is 1. The van der Waals surface area contributed by atoms with E-state index < -0.39 is 11.7 Å². The molecule has 174 valence electrons. The summed E-state index contributed by atoms with van der Waals surface area (Å²) < 4.78 is 14.2. The SMILES string of the molecule is CCOCc1nc2c(N)nc3ccsc3c2n1Cc1ccc(CNC(=O)OC(C)(C)C)cc1. The summed E-state index contributed by atoms with van der Waals surface area (Å²) >= 11 is 1.63. The average Bonchev–Trinajstić information content (AvgIpc) is 3.35. The molecule has 0 saturated carbocycles. The van der Waals surface area contributed by atoms with E-state index in [9.17, 15) is 4.79 Å². The minimum atomic E-state index is -0.520. The number of rotatable bonds is 7. The van der Waals surface area contributed by atoms with E-state index in [4.69, 9.17) is 20.2 Å². The predicted octanol–water partition coefficient (Wildman–Crippen LogP) is 4.84. The number of amides is 1. The van der Waals surface area contributed by atoms with Crippen LogP contribution >= 0.6 is 11.3 Å². The fourth-order valence-corrected chi connectivity index (χ4v) is 4.45. The fraction of sp³-hybridized carbons (Fsp3) is 0.375. The van der Waals surface area contributed by atoms with Gasteiger partial charge in [0.15, 0.2) is 5.82 Å². The number of imidazole rings is 1. The number of aromatic nitrogens is 3. The summed E-state index contributed by atoms with van der Waals surface area (Å²) in [4.78, 5) is 21.2. The number of carbonyl (C=O) groups excluding carboxylic acids is 1. The highest BCUT2D eigenvalue weighted by atomic mass is 32.1. The molecular formula is C24H29N5O3S. The van der Waals surface area contributed by atoms with Gasteiger partial charge in [0.2, 0.25) is 0 Å². The van der Waals surface area contributed by atoms with Crippen LogP contribution < -0.4 is 11.1 Å². The molecule has 3 heterocycles. The summed E-state index contributed by atoms with van der Waals surface area (Å²) in [6.45, 7) is 9.51. The third kappa shape index (κ3) is 5.26. The van der Waals surface area contributed by atoms with Gasteiger partial charge in [-0.2, -0.15) is 0 Å². The van der Waals surface area contributed by atoms with Crippen molar-refractivity contribution in [2.45, 2.75) is 53.0 Å². The molecule has 0 atom stereocenters. The molecular weight excluding hydrogens is 438 g/mol. The van der Waals surface area contributed by atoms with Crippen LogP contribution in [0, 0.1) is 0 Å². The van der Waals surface area contributed by atoms with Crippen LogP contribution in [-0.2, 0) is 29.2 Å². The van der Waals surface area contributed by atoms with Crippen molar-refractivity contribution in [3.63, 3.8) is 0 Å². The monoisotopic (exact) mass is 467 g/mol. The van der Waals surface area contributed by atoms with Gasteiger partial charge in [0.05, 0.1) is 15.7 Å². The second kappa shape index (κ2) is 9.36. The number of nitrogens with one attached hydrogen (secondary N) is 1. The normalized spacial score (nSPS) is 11.9. The maximum absolute atomic E-state index is 11.9. The summed E-state index contributed by atoms with van der Waals surface area (Å²) in [7, 11) is 0. The predicted molar refractivity (Wildman–Crippen MR) is 131 cm³/mol. The van der Waals surface area contributed by atoms with Crippen molar-refractivity contribution >= 4 is 44.5 Å². The highest BCUT2D eigenvalue weighted by molar-refractivity contribution is 7.18. The maximum atomic E-state index is 11.9. The van der Waals surface area contributed by atoms with Gasteiger partial charge in [0, 0.05) is 19.7 Å². The molecule has 0 saturated heterocycles. The quantitative estimate of drug-likeness (QED) is 0.403. The minimum absolute atomic E-state index is 0.398. The van der Waals surface area contributed by atoms with Crippen molar-refractivity contribution in [1.29, 1.82) is 0 Å². The number of benzene rings is 1. The Morgan fingerprint density at radius 2 is 1.88 bits per heavy atom. The molecule has 0 bridgehead atoms. The van der Waals surface area contributed by atoms with Crippen molar-refractivity contribution in [1.82, 2.24) is 19.9 Å². The topological polar surface area (TPSA) is 104 Å². The lowest BCUT2D eigenvalue weighted by Crippen LogP contribution is -2.32. The van der Waals surface area contributed by atoms with E-state index in [1.807, 2.05) is 51.3 Å². The van der Waals surface area contributed by atoms with Gasteiger partial charge in [0.25, 0.3) is 0 Å². The van der Waals surface area contributed by atoms with E-state index >= 15 is 0 Å². The number of nitrogen functional groups attached to an aromatic ring is 1.